The first-order valence-corrected chi connectivity index (χ1v) is 8.13. The minimum Gasteiger partial charge on any atom is -0.397 e. The molecule has 0 saturated carbocycles. The van der Waals surface area contributed by atoms with Crippen LogP contribution in [0.1, 0.15) is 11.1 Å². The molecule has 1 aromatic carbocycles. The summed E-state index contributed by atoms with van der Waals surface area (Å²) in [6.45, 7) is 3.56. The average Bonchev–Trinajstić information content (AvgIpc) is 2.66. The number of rotatable bonds is 3. The first-order valence-electron chi connectivity index (χ1n) is 5.45. The molecule has 0 spiro atoms. The molecule has 2 aromatic rings. The van der Waals surface area contributed by atoms with Gasteiger partial charge in [0.25, 0.3) is 10.0 Å². The Morgan fingerprint density at radius 3 is 2.47 bits per heavy atom. The molecule has 3 N–H and O–H groups in total. The standard InChI is InChI=1S/C12H13ClN2O2S2/c1-7-4-3-5-9(14)11(7)15-19(16,17)10-6-8(2)12(13)18-10/h3-6,15H,14H2,1-2H3. The Labute approximate surface area is 121 Å². The van der Waals surface area contributed by atoms with Crippen LogP contribution in [0.15, 0.2) is 28.5 Å². The zero-order valence-corrected chi connectivity index (χ0v) is 12.8. The number of anilines is 2. The third-order valence-corrected chi connectivity index (χ3v) is 6.02. The van der Waals surface area contributed by atoms with Gasteiger partial charge in [-0.25, -0.2) is 8.42 Å². The molecule has 0 aliphatic heterocycles. The summed E-state index contributed by atoms with van der Waals surface area (Å²) in [5, 5.41) is 0. The van der Waals surface area contributed by atoms with Crippen LogP contribution in [0.3, 0.4) is 0 Å². The summed E-state index contributed by atoms with van der Waals surface area (Å²) in [5.41, 5.74) is 8.10. The van der Waals surface area contributed by atoms with Crippen molar-refractivity contribution in [1.29, 1.82) is 0 Å². The molecule has 0 bridgehead atoms. The van der Waals surface area contributed by atoms with Crippen LogP contribution in [-0.4, -0.2) is 8.42 Å². The summed E-state index contributed by atoms with van der Waals surface area (Å²) in [4.78, 5) is 0. The number of halogens is 1. The quantitative estimate of drug-likeness (QED) is 0.852. The van der Waals surface area contributed by atoms with E-state index in [0.29, 0.717) is 15.7 Å². The van der Waals surface area contributed by atoms with Crippen molar-refractivity contribution in [2.24, 2.45) is 0 Å². The smallest absolute Gasteiger partial charge is 0.271 e. The van der Waals surface area contributed by atoms with Crippen molar-refractivity contribution in [3.63, 3.8) is 0 Å². The molecule has 0 saturated heterocycles. The van der Waals surface area contributed by atoms with Gasteiger partial charge in [-0.3, -0.25) is 4.72 Å². The van der Waals surface area contributed by atoms with Gasteiger partial charge in [0.05, 0.1) is 15.7 Å². The van der Waals surface area contributed by atoms with Crippen molar-refractivity contribution in [3.05, 3.63) is 39.7 Å². The van der Waals surface area contributed by atoms with Crippen LogP contribution in [0.4, 0.5) is 11.4 Å². The zero-order valence-electron chi connectivity index (χ0n) is 10.4. The molecule has 1 heterocycles. The third-order valence-electron chi connectivity index (χ3n) is 2.64. The van der Waals surface area contributed by atoms with Gasteiger partial charge < -0.3 is 5.73 Å². The third kappa shape index (κ3) is 2.86. The zero-order chi connectivity index (χ0) is 14.2. The van der Waals surface area contributed by atoms with Gasteiger partial charge in [0, 0.05) is 0 Å². The van der Waals surface area contributed by atoms with Crippen molar-refractivity contribution >= 4 is 44.3 Å². The largest absolute Gasteiger partial charge is 0.397 e. The van der Waals surface area contributed by atoms with E-state index >= 15 is 0 Å². The molecule has 0 unspecified atom stereocenters. The van der Waals surface area contributed by atoms with E-state index in [1.165, 1.54) is 0 Å². The van der Waals surface area contributed by atoms with Gasteiger partial charge in [0.2, 0.25) is 0 Å². The second-order valence-corrected chi connectivity index (χ2v) is 7.73. The van der Waals surface area contributed by atoms with E-state index in [0.717, 1.165) is 22.5 Å². The first-order chi connectivity index (χ1) is 8.81. The van der Waals surface area contributed by atoms with Gasteiger partial charge in [-0.05, 0) is 37.1 Å². The summed E-state index contributed by atoms with van der Waals surface area (Å²) >= 11 is 6.93. The van der Waals surface area contributed by atoms with Gasteiger partial charge in [0.1, 0.15) is 4.21 Å². The maximum Gasteiger partial charge on any atom is 0.271 e. The number of thiophene rings is 1. The molecule has 0 fully saturated rings. The fourth-order valence-corrected chi connectivity index (χ4v) is 4.45. The Hall–Kier alpha value is -1.24. The Morgan fingerprint density at radius 2 is 1.95 bits per heavy atom. The van der Waals surface area contributed by atoms with Crippen molar-refractivity contribution in [3.8, 4) is 0 Å². The van der Waals surface area contributed by atoms with E-state index in [1.807, 2.05) is 0 Å². The summed E-state index contributed by atoms with van der Waals surface area (Å²) in [5.74, 6) is 0. The molecule has 4 nitrogen and oxygen atoms in total. The predicted molar refractivity (Wildman–Crippen MR) is 80.5 cm³/mol. The highest BCUT2D eigenvalue weighted by atomic mass is 35.5. The molecule has 7 heteroatoms. The number of nitrogens with two attached hydrogens (primary N) is 1. The maximum atomic E-state index is 12.3. The Morgan fingerprint density at radius 1 is 1.26 bits per heavy atom. The lowest BCUT2D eigenvalue weighted by molar-refractivity contribution is 0.603. The van der Waals surface area contributed by atoms with Crippen LogP contribution in [-0.2, 0) is 10.0 Å². The van der Waals surface area contributed by atoms with Crippen molar-refractivity contribution in [1.82, 2.24) is 0 Å². The van der Waals surface area contributed by atoms with E-state index in [-0.39, 0.29) is 4.21 Å². The Bertz CT molecular complexity index is 684. The first kappa shape index (κ1) is 14.2. The minimum atomic E-state index is -3.66. The van der Waals surface area contributed by atoms with E-state index in [9.17, 15) is 8.42 Å². The number of sulfonamides is 1. The van der Waals surface area contributed by atoms with E-state index in [2.05, 4.69) is 4.72 Å². The topological polar surface area (TPSA) is 72.2 Å². The normalized spacial score (nSPS) is 11.5. The van der Waals surface area contributed by atoms with Crippen molar-refractivity contribution in [2.45, 2.75) is 18.1 Å². The second kappa shape index (κ2) is 5.03. The highest BCUT2D eigenvalue weighted by Gasteiger charge is 2.20. The number of nitrogen functional groups attached to an aromatic ring is 1. The van der Waals surface area contributed by atoms with Gasteiger partial charge in [0.15, 0.2) is 0 Å². The molecule has 0 aliphatic carbocycles. The lowest BCUT2D eigenvalue weighted by Gasteiger charge is -2.11. The van der Waals surface area contributed by atoms with Crippen LogP contribution in [0, 0.1) is 13.8 Å². The van der Waals surface area contributed by atoms with E-state index < -0.39 is 10.0 Å². The van der Waals surface area contributed by atoms with E-state index in [4.69, 9.17) is 17.3 Å². The maximum absolute atomic E-state index is 12.3. The predicted octanol–water partition coefficient (Wildman–Crippen LogP) is 3.40. The van der Waals surface area contributed by atoms with Crippen LogP contribution >= 0.6 is 22.9 Å². The molecule has 0 radical (unpaired) electrons. The van der Waals surface area contributed by atoms with E-state index in [1.54, 1.807) is 38.1 Å². The van der Waals surface area contributed by atoms with Gasteiger partial charge >= 0.3 is 0 Å². The summed E-state index contributed by atoms with van der Waals surface area (Å²) in [6, 6.07) is 6.76. The number of aryl methyl sites for hydroxylation is 2. The lowest BCUT2D eigenvalue weighted by atomic mass is 10.2. The molecule has 102 valence electrons. The average molecular weight is 317 g/mol. The second-order valence-electron chi connectivity index (χ2n) is 4.17. The van der Waals surface area contributed by atoms with Crippen LogP contribution in [0.5, 0.6) is 0 Å². The van der Waals surface area contributed by atoms with Crippen LogP contribution < -0.4 is 10.5 Å². The summed E-state index contributed by atoms with van der Waals surface area (Å²) < 4.78 is 27.7. The highest BCUT2D eigenvalue weighted by Crippen LogP contribution is 2.32. The number of para-hydroxylation sites is 1. The number of hydrogen-bond donors (Lipinski definition) is 2. The summed E-state index contributed by atoms with van der Waals surface area (Å²) in [7, 11) is -3.66. The van der Waals surface area contributed by atoms with Crippen LogP contribution in [0.25, 0.3) is 0 Å². The highest BCUT2D eigenvalue weighted by molar-refractivity contribution is 7.94. The minimum absolute atomic E-state index is 0.178. The number of hydrogen-bond acceptors (Lipinski definition) is 4. The Kier molecular flexibility index (Phi) is 3.75. The molecule has 2 rings (SSSR count). The fourth-order valence-electron chi connectivity index (χ4n) is 1.58. The van der Waals surface area contributed by atoms with Gasteiger partial charge in [-0.15, -0.1) is 11.3 Å². The van der Waals surface area contributed by atoms with Crippen molar-refractivity contribution < 1.29 is 8.42 Å². The fraction of sp³-hybridized carbons (Fsp3) is 0.167. The van der Waals surface area contributed by atoms with Gasteiger partial charge in [-0.1, -0.05) is 23.7 Å². The van der Waals surface area contributed by atoms with Gasteiger partial charge in [-0.2, -0.15) is 0 Å². The molecular weight excluding hydrogens is 304 g/mol. The molecule has 0 atom stereocenters. The Balaban J connectivity index is 2.42. The monoisotopic (exact) mass is 316 g/mol. The lowest BCUT2D eigenvalue weighted by Crippen LogP contribution is -2.13. The molecular formula is C12H13ClN2O2S2. The SMILES string of the molecule is Cc1cc(S(=O)(=O)Nc2c(C)cccc2N)sc1Cl. The molecule has 0 aliphatic rings. The van der Waals surface area contributed by atoms with Crippen molar-refractivity contribution in [2.75, 3.05) is 10.5 Å². The molecule has 0 amide bonds. The number of nitrogens with one attached hydrogen (secondary N) is 1. The van der Waals surface area contributed by atoms with Crippen LogP contribution in [0.2, 0.25) is 4.34 Å². The molecule has 19 heavy (non-hydrogen) atoms. The summed E-state index contributed by atoms with van der Waals surface area (Å²) in [6.07, 6.45) is 0. The molecule has 1 aromatic heterocycles. The number of benzene rings is 1.